The van der Waals surface area contributed by atoms with Gasteiger partial charge in [0.1, 0.15) is 34.1 Å². The van der Waals surface area contributed by atoms with Gasteiger partial charge in [-0.3, -0.25) is 4.79 Å². The Labute approximate surface area is 477 Å². The Morgan fingerprint density at radius 2 is 0.965 bits per heavy atom. The van der Waals surface area contributed by atoms with Crippen LogP contribution in [0.5, 0.6) is 34.8 Å². The second kappa shape index (κ2) is 24.5. The summed E-state index contributed by atoms with van der Waals surface area (Å²) >= 11 is 0. The van der Waals surface area contributed by atoms with E-state index in [1.807, 2.05) is 4.72 Å². The largest absolute Gasteiger partial charge is 0.497 e. The lowest BCUT2D eigenvalue weighted by Gasteiger charge is -2.15. The van der Waals surface area contributed by atoms with Crippen molar-refractivity contribution in [1.29, 1.82) is 0 Å². The number of pyridine rings is 2. The molecule has 7 heterocycles. The maximum atomic E-state index is 13.6. The van der Waals surface area contributed by atoms with Crippen LogP contribution in [0, 0.1) is 13.8 Å². The third-order valence-corrected chi connectivity index (χ3v) is 13.1. The van der Waals surface area contributed by atoms with E-state index in [0.29, 0.717) is 34.4 Å². The fourth-order valence-electron chi connectivity index (χ4n) is 7.87. The number of aromatic nitrogens is 12. The molecule has 33 heteroatoms. The zero-order valence-corrected chi connectivity index (χ0v) is 46.6. The lowest BCUT2D eigenvalue weighted by atomic mass is 10.1. The van der Waals surface area contributed by atoms with Crippen LogP contribution in [0.25, 0.3) is 33.9 Å². The van der Waals surface area contributed by atoms with E-state index in [1.165, 1.54) is 111 Å². The molecule has 0 saturated carbocycles. The fourth-order valence-corrected chi connectivity index (χ4v) is 8.82. The molecule has 85 heavy (non-hydrogen) atoms. The highest BCUT2D eigenvalue weighted by Crippen LogP contribution is 2.37. The molecule has 4 N–H and O–H groups in total. The zero-order chi connectivity index (χ0) is 61.7. The quantitative estimate of drug-likeness (QED) is 0.0588. The third kappa shape index (κ3) is 13.7. The maximum Gasteiger partial charge on any atom is 0.435 e. The van der Waals surface area contributed by atoms with Gasteiger partial charge in [0.25, 0.3) is 15.9 Å². The summed E-state index contributed by atoms with van der Waals surface area (Å²) < 4.78 is 143. The molecule has 26 nitrogen and oxygen atoms in total. The number of aromatic carboxylic acids is 1. The number of nitrogens with one attached hydrogen (secondary N) is 3. The van der Waals surface area contributed by atoms with Crippen LogP contribution in [-0.2, 0) is 29.4 Å². The van der Waals surface area contributed by atoms with Gasteiger partial charge in [0.15, 0.2) is 28.0 Å². The van der Waals surface area contributed by atoms with Crippen LogP contribution in [-0.4, -0.2) is 127 Å². The van der Waals surface area contributed by atoms with Gasteiger partial charge in [-0.25, -0.2) is 43.8 Å². The van der Waals surface area contributed by atoms with E-state index in [1.54, 1.807) is 43.4 Å². The van der Waals surface area contributed by atoms with Gasteiger partial charge >= 0.3 is 18.3 Å². The summed E-state index contributed by atoms with van der Waals surface area (Å²) in [7, 11) is 5.54. The molecular weight excluding hydrogens is 1160 g/mol. The number of halogens is 6. The van der Waals surface area contributed by atoms with Gasteiger partial charge in [0.05, 0.1) is 49.0 Å². The minimum absolute atomic E-state index is 0.0162. The number of methoxy groups -OCH3 is 6. The van der Waals surface area contributed by atoms with Gasteiger partial charge < -0.3 is 48.7 Å². The number of benzene rings is 2. The summed E-state index contributed by atoms with van der Waals surface area (Å²) in [5.74, 6) is -1.12. The normalized spacial score (nSPS) is 11.5. The van der Waals surface area contributed by atoms with Gasteiger partial charge in [-0.15, -0.1) is 0 Å². The average molecular weight is 1200 g/mol. The van der Waals surface area contributed by atoms with Gasteiger partial charge in [-0.1, -0.05) is 0 Å². The van der Waals surface area contributed by atoms with Crippen LogP contribution >= 0.6 is 0 Å². The Hall–Kier alpha value is -10.6. The number of aryl methyl sites for hydroxylation is 3. The molecule has 0 radical (unpaired) electrons. The van der Waals surface area contributed by atoms with Crippen molar-refractivity contribution >= 4 is 45.2 Å². The molecule has 2 aromatic carbocycles. The van der Waals surface area contributed by atoms with E-state index in [9.17, 15) is 49.5 Å². The maximum absolute atomic E-state index is 13.6. The molecule has 444 valence electrons. The standard InChI is InChI=1S/C28H26F3N9O6S.C24H21F3N6O5/c1-15-6-22(28(29,30)31)37-40(15)24-21(12-33-27(36-24)35-17-8-18(44-3)10-19(9-17)45-4)16-7-20(26(46-5)32-11-16)25(41)38-47(42,43)23-13-39(2)14-34-23;1-12-5-19(24(25,26)27)32-33(12)20-18(13-6-17(22(34)35)21(38-4)28-10-13)11-29-23(31-20)30-14-7-15(36-2)9-16(8-14)37-3/h6-14H,1-5H3,(H,38,41)(H,33,35,36);5-11H,1-4H3,(H,34,35)(H,29,30,31). The molecule has 9 aromatic rings. The van der Waals surface area contributed by atoms with Crippen molar-refractivity contribution in [2.24, 2.45) is 7.05 Å². The van der Waals surface area contributed by atoms with Gasteiger partial charge in [-0.2, -0.15) is 54.9 Å². The first-order chi connectivity index (χ1) is 40.2. The van der Waals surface area contributed by atoms with Crippen molar-refractivity contribution in [3.05, 3.63) is 132 Å². The van der Waals surface area contributed by atoms with E-state index in [0.717, 1.165) is 21.5 Å². The smallest absolute Gasteiger partial charge is 0.435 e. The summed E-state index contributed by atoms with van der Waals surface area (Å²) in [5, 5.41) is 22.5. The number of sulfonamides is 1. The number of hydrogen-bond donors (Lipinski definition) is 4. The fraction of sp³-hybridized carbons (Fsp3) is 0.212. The second-order valence-corrected chi connectivity index (χ2v) is 19.3. The molecule has 0 aliphatic carbocycles. The highest BCUT2D eigenvalue weighted by molar-refractivity contribution is 7.90. The number of rotatable bonds is 18. The first-order valence-electron chi connectivity index (χ1n) is 24.2. The highest BCUT2D eigenvalue weighted by Gasteiger charge is 2.37. The summed E-state index contributed by atoms with van der Waals surface area (Å²) in [6.07, 6.45) is -1.84. The molecule has 1 amide bonds. The number of carbonyl (C=O) groups is 2. The lowest BCUT2D eigenvalue weighted by Crippen LogP contribution is -2.31. The van der Waals surface area contributed by atoms with Crippen LogP contribution in [0.2, 0.25) is 0 Å². The predicted molar refractivity (Wildman–Crippen MR) is 288 cm³/mol. The topological polar surface area (TPSA) is 311 Å². The van der Waals surface area contributed by atoms with Crippen molar-refractivity contribution in [3.63, 3.8) is 0 Å². The number of alkyl halides is 6. The number of anilines is 4. The molecule has 0 bridgehead atoms. The summed E-state index contributed by atoms with van der Waals surface area (Å²) in [4.78, 5) is 54.3. The van der Waals surface area contributed by atoms with Crippen molar-refractivity contribution in [1.82, 2.24) is 63.7 Å². The molecular formula is C52H47F6N15O11S. The minimum atomic E-state index is -4.76. The number of ether oxygens (including phenoxy) is 6. The Kier molecular flexibility index (Phi) is 17.4. The van der Waals surface area contributed by atoms with Crippen molar-refractivity contribution < 1.29 is 77.9 Å². The lowest BCUT2D eigenvalue weighted by molar-refractivity contribution is -0.142. The van der Waals surface area contributed by atoms with Crippen LogP contribution in [0.15, 0.2) is 103 Å². The number of nitrogens with zero attached hydrogens (tertiary/aromatic N) is 12. The Balaban J connectivity index is 0.000000226. The minimum Gasteiger partial charge on any atom is -0.497 e. The molecule has 0 unspecified atom stereocenters. The van der Waals surface area contributed by atoms with Gasteiger partial charge in [0, 0.05) is 119 Å². The Bertz CT molecular complexity index is 4060. The molecule has 0 atom stereocenters. The van der Waals surface area contributed by atoms with Gasteiger partial charge in [0.2, 0.25) is 23.7 Å². The number of amides is 1. The highest BCUT2D eigenvalue weighted by atomic mass is 32.2. The van der Waals surface area contributed by atoms with E-state index in [-0.39, 0.29) is 80.1 Å². The van der Waals surface area contributed by atoms with Crippen LogP contribution in [0.4, 0.5) is 49.6 Å². The van der Waals surface area contributed by atoms with Crippen LogP contribution < -0.4 is 43.8 Å². The molecule has 0 spiro atoms. The Morgan fingerprint density at radius 1 is 0.553 bits per heavy atom. The number of carboxylic acid groups (broad SMARTS) is 1. The van der Waals surface area contributed by atoms with Crippen molar-refractivity contribution in [2.75, 3.05) is 53.3 Å². The number of imidazole rings is 1. The zero-order valence-electron chi connectivity index (χ0n) is 45.8. The summed E-state index contributed by atoms with van der Waals surface area (Å²) in [6, 6.07) is 14.1. The van der Waals surface area contributed by atoms with Crippen molar-refractivity contribution in [2.45, 2.75) is 31.2 Å². The summed E-state index contributed by atoms with van der Waals surface area (Å²) in [5.41, 5.74) is -1.12. The third-order valence-electron chi connectivity index (χ3n) is 11.9. The van der Waals surface area contributed by atoms with E-state index in [2.05, 4.69) is 55.7 Å². The average Bonchev–Trinajstić information content (AvgIpc) is 4.42. The second-order valence-electron chi connectivity index (χ2n) is 17.7. The number of carbonyl (C=O) groups excluding carboxylic acids is 1. The number of carboxylic acids is 1. The van der Waals surface area contributed by atoms with Crippen molar-refractivity contribution in [3.8, 4) is 68.6 Å². The van der Waals surface area contributed by atoms with Crippen LogP contribution in [0.1, 0.15) is 43.5 Å². The molecule has 0 fully saturated rings. The van der Waals surface area contributed by atoms with E-state index < -0.39 is 50.7 Å². The van der Waals surface area contributed by atoms with Crippen LogP contribution in [0.3, 0.4) is 0 Å². The SMILES string of the molecule is COc1cc(Nc2ncc(-c3cnc(OC)c(C(=O)NS(=O)(=O)c4cn(C)cn4)c3)c(-n3nc(C(F)(F)F)cc3C)n2)cc(OC)c1.COc1cc(Nc2ncc(-c3cnc(OC)c(C(=O)O)c3)c(-n3nc(C(F)(F)F)cc3C)n2)cc(OC)c1. The van der Waals surface area contributed by atoms with Gasteiger partial charge in [-0.05, 0) is 38.1 Å². The molecule has 0 saturated heterocycles. The van der Waals surface area contributed by atoms with E-state index in [4.69, 9.17) is 28.4 Å². The molecule has 0 aliphatic rings. The Morgan fingerprint density at radius 3 is 1.32 bits per heavy atom. The monoisotopic (exact) mass is 1200 g/mol. The first kappa shape index (κ1) is 60.5. The molecule has 0 aliphatic heterocycles. The number of hydrogen-bond acceptors (Lipinski definition) is 21. The van der Waals surface area contributed by atoms with E-state index >= 15 is 0 Å². The first-order valence-corrected chi connectivity index (χ1v) is 25.6. The molecule has 7 aromatic heterocycles. The predicted octanol–water partition coefficient (Wildman–Crippen LogP) is 8.19. The summed E-state index contributed by atoms with van der Waals surface area (Å²) in [6.45, 7) is 2.84. The molecule has 9 rings (SSSR count).